The van der Waals surface area contributed by atoms with E-state index >= 15 is 0 Å². The number of benzene rings is 1. The lowest BCUT2D eigenvalue weighted by atomic mass is 10.3. The molecule has 0 saturated heterocycles. The number of para-hydroxylation sites is 2. The molecule has 16 heavy (non-hydrogen) atoms. The number of aliphatic hydroxyl groups is 1. The molecular weight excluding hydrogens is 208 g/mol. The zero-order valence-electron chi connectivity index (χ0n) is 9.19. The van der Waals surface area contributed by atoms with Crippen LogP contribution in [0, 0.1) is 0 Å². The molecule has 3 N–H and O–H groups in total. The predicted molar refractivity (Wildman–Crippen MR) is 61.7 cm³/mol. The van der Waals surface area contributed by atoms with Gasteiger partial charge in [0.05, 0.1) is 12.3 Å². The molecule has 88 valence electrons. The second-order valence-corrected chi connectivity index (χ2v) is 3.13. The number of carbonyl (C=O) groups excluding carboxylic acids is 1. The predicted octanol–water partition coefficient (Wildman–Crippen LogP) is 1.20. The van der Waals surface area contributed by atoms with Crippen LogP contribution in [0.1, 0.15) is 6.42 Å². The maximum atomic E-state index is 11.1. The number of hydrogen-bond acceptors (Lipinski definition) is 3. The van der Waals surface area contributed by atoms with E-state index in [1.807, 2.05) is 12.1 Å². The second kappa shape index (κ2) is 6.68. The SMILES string of the molecule is CNC(=O)Nc1ccccc1OCCCO. The van der Waals surface area contributed by atoms with E-state index in [0.29, 0.717) is 24.5 Å². The van der Waals surface area contributed by atoms with Crippen molar-refractivity contribution in [3.8, 4) is 5.75 Å². The molecule has 1 aromatic carbocycles. The summed E-state index contributed by atoms with van der Waals surface area (Å²) in [6, 6.07) is 6.86. The van der Waals surface area contributed by atoms with Gasteiger partial charge in [-0.25, -0.2) is 4.79 Å². The van der Waals surface area contributed by atoms with Crippen LogP contribution in [-0.2, 0) is 0 Å². The average Bonchev–Trinajstić information content (AvgIpc) is 2.31. The Labute approximate surface area is 94.4 Å². The van der Waals surface area contributed by atoms with Crippen molar-refractivity contribution in [3.63, 3.8) is 0 Å². The van der Waals surface area contributed by atoms with Crippen LogP contribution < -0.4 is 15.4 Å². The number of nitrogens with one attached hydrogen (secondary N) is 2. The number of aliphatic hydroxyl groups excluding tert-OH is 1. The standard InChI is InChI=1S/C11H16N2O3/c1-12-11(15)13-9-5-2-3-6-10(9)16-8-4-7-14/h2-3,5-6,14H,4,7-8H2,1H3,(H2,12,13,15). The van der Waals surface area contributed by atoms with Crippen LogP contribution in [0.5, 0.6) is 5.75 Å². The number of ether oxygens (including phenoxy) is 1. The van der Waals surface area contributed by atoms with Crippen molar-refractivity contribution in [2.75, 3.05) is 25.6 Å². The Morgan fingerprint density at radius 1 is 1.44 bits per heavy atom. The van der Waals surface area contributed by atoms with Crippen LogP contribution in [-0.4, -0.2) is 31.4 Å². The fourth-order valence-corrected chi connectivity index (χ4v) is 1.13. The Morgan fingerprint density at radius 2 is 2.19 bits per heavy atom. The molecule has 1 rings (SSSR count). The highest BCUT2D eigenvalue weighted by molar-refractivity contribution is 5.90. The first-order valence-corrected chi connectivity index (χ1v) is 5.09. The zero-order chi connectivity index (χ0) is 11.8. The first-order chi connectivity index (χ1) is 7.77. The van der Waals surface area contributed by atoms with Gasteiger partial charge in [-0.2, -0.15) is 0 Å². The van der Waals surface area contributed by atoms with Crippen LogP contribution in [0.2, 0.25) is 0 Å². The summed E-state index contributed by atoms with van der Waals surface area (Å²) < 4.78 is 5.42. The molecule has 1 aromatic rings. The smallest absolute Gasteiger partial charge is 0.319 e. The van der Waals surface area contributed by atoms with Crippen LogP contribution in [0.25, 0.3) is 0 Å². The summed E-state index contributed by atoms with van der Waals surface area (Å²) in [5.41, 5.74) is 0.611. The summed E-state index contributed by atoms with van der Waals surface area (Å²) in [6.07, 6.45) is 0.564. The normalized spacial score (nSPS) is 9.62. The lowest BCUT2D eigenvalue weighted by molar-refractivity contribution is 0.233. The third kappa shape index (κ3) is 3.78. The van der Waals surface area contributed by atoms with E-state index < -0.39 is 0 Å². The van der Waals surface area contributed by atoms with Crippen molar-refractivity contribution < 1.29 is 14.6 Å². The van der Waals surface area contributed by atoms with Crippen molar-refractivity contribution in [1.82, 2.24) is 5.32 Å². The highest BCUT2D eigenvalue weighted by atomic mass is 16.5. The summed E-state index contributed by atoms with van der Waals surface area (Å²) in [7, 11) is 1.55. The van der Waals surface area contributed by atoms with E-state index in [9.17, 15) is 4.79 Å². The summed E-state index contributed by atoms with van der Waals surface area (Å²) in [5, 5.41) is 13.7. The maximum absolute atomic E-state index is 11.1. The molecule has 0 saturated carbocycles. The van der Waals surface area contributed by atoms with Crippen molar-refractivity contribution in [3.05, 3.63) is 24.3 Å². The molecule has 0 aliphatic heterocycles. The van der Waals surface area contributed by atoms with Crippen LogP contribution in [0.3, 0.4) is 0 Å². The fraction of sp³-hybridized carbons (Fsp3) is 0.364. The highest BCUT2D eigenvalue weighted by Gasteiger charge is 2.05. The minimum atomic E-state index is -0.293. The van der Waals surface area contributed by atoms with Crippen LogP contribution >= 0.6 is 0 Å². The van der Waals surface area contributed by atoms with Gasteiger partial charge < -0.3 is 20.5 Å². The maximum Gasteiger partial charge on any atom is 0.319 e. The Hall–Kier alpha value is -1.75. The molecule has 0 aliphatic rings. The minimum absolute atomic E-state index is 0.0883. The molecule has 0 aromatic heterocycles. The Bertz CT molecular complexity index is 342. The molecule has 0 radical (unpaired) electrons. The number of carbonyl (C=O) groups is 1. The number of amides is 2. The Balaban J connectivity index is 2.63. The van der Waals surface area contributed by atoms with E-state index in [2.05, 4.69) is 10.6 Å². The Morgan fingerprint density at radius 3 is 2.88 bits per heavy atom. The van der Waals surface area contributed by atoms with E-state index in [1.165, 1.54) is 0 Å². The van der Waals surface area contributed by atoms with Gasteiger partial charge in [0.15, 0.2) is 0 Å². The molecule has 0 aliphatic carbocycles. The third-order valence-electron chi connectivity index (χ3n) is 1.92. The molecule has 0 bridgehead atoms. The largest absolute Gasteiger partial charge is 0.491 e. The topological polar surface area (TPSA) is 70.6 Å². The molecule has 0 unspecified atom stereocenters. The molecular formula is C11H16N2O3. The summed E-state index contributed by atoms with van der Waals surface area (Å²) in [5.74, 6) is 0.597. The first kappa shape index (κ1) is 12.3. The van der Waals surface area contributed by atoms with Gasteiger partial charge in [-0.1, -0.05) is 12.1 Å². The van der Waals surface area contributed by atoms with Crippen molar-refractivity contribution in [1.29, 1.82) is 0 Å². The Kier molecular flexibility index (Phi) is 5.15. The van der Waals surface area contributed by atoms with Crippen molar-refractivity contribution >= 4 is 11.7 Å². The summed E-state index contributed by atoms with van der Waals surface area (Å²) in [6.45, 7) is 0.508. The minimum Gasteiger partial charge on any atom is -0.491 e. The van der Waals surface area contributed by atoms with Gasteiger partial charge >= 0.3 is 6.03 Å². The van der Waals surface area contributed by atoms with Gasteiger partial charge in [-0.05, 0) is 12.1 Å². The van der Waals surface area contributed by atoms with E-state index in [0.717, 1.165) is 0 Å². The second-order valence-electron chi connectivity index (χ2n) is 3.13. The zero-order valence-corrected chi connectivity index (χ0v) is 9.19. The molecule has 5 nitrogen and oxygen atoms in total. The summed E-state index contributed by atoms with van der Waals surface area (Å²) >= 11 is 0. The molecule has 5 heteroatoms. The number of rotatable bonds is 5. The van der Waals surface area contributed by atoms with E-state index in [-0.39, 0.29) is 12.6 Å². The lowest BCUT2D eigenvalue weighted by Crippen LogP contribution is -2.24. The first-order valence-electron chi connectivity index (χ1n) is 5.09. The molecule has 0 spiro atoms. The third-order valence-corrected chi connectivity index (χ3v) is 1.92. The van der Waals surface area contributed by atoms with Gasteiger partial charge in [0.1, 0.15) is 5.75 Å². The van der Waals surface area contributed by atoms with E-state index in [4.69, 9.17) is 9.84 Å². The van der Waals surface area contributed by atoms with Gasteiger partial charge in [0, 0.05) is 20.1 Å². The molecule has 0 heterocycles. The van der Waals surface area contributed by atoms with Crippen molar-refractivity contribution in [2.24, 2.45) is 0 Å². The van der Waals surface area contributed by atoms with Gasteiger partial charge in [-0.15, -0.1) is 0 Å². The molecule has 0 fully saturated rings. The molecule has 2 amide bonds. The quantitative estimate of drug-likeness (QED) is 0.658. The lowest BCUT2D eigenvalue weighted by Gasteiger charge is -2.11. The average molecular weight is 224 g/mol. The number of hydrogen-bond donors (Lipinski definition) is 3. The summed E-state index contributed by atoms with van der Waals surface area (Å²) in [4.78, 5) is 11.1. The van der Waals surface area contributed by atoms with Crippen LogP contribution in [0.4, 0.5) is 10.5 Å². The van der Waals surface area contributed by atoms with Gasteiger partial charge in [0.2, 0.25) is 0 Å². The van der Waals surface area contributed by atoms with E-state index in [1.54, 1.807) is 19.2 Å². The van der Waals surface area contributed by atoms with Crippen molar-refractivity contribution in [2.45, 2.75) is 6.42 Å². The van der Waals surface area contributed by atoms with Gasteiger partial charge in [-0.3, -0.25) is 0 Å². The fourth-order valence-electron chi connectivity index (χ4n) is 1.13. The molecule has 0 atom stereocenters. The van der Waals surface area contributed by atoms with Gasteiger partial charge in [0.25, 0.3) is 0 Å². The number of anilines is 1. The monoisotopic (exact) mass is 224 g/mol. The number of urea groups is 1. The van der Waals surface area contributed by atoms with Crippen LogP contribution in [0.15, 0.2) is 24.3 Å². The highest BCUT2D eigenvalue weighted by Crippen LogP contribution is 2.23.